The van der Waals surface area contributed by atoms with Gasteiger partial charge in [0.1, 0.15) is 5.03 Å². The third kappa shape index (κ3) is 2.19. The number of rotatable bonds is 2. The highest BCUT2D eigenvalue weighted by Gasteiger charge is 2.07. The third-order valence-electron chi connectivity index (χ3n) is 2.06. The van der Waals surface area contributed by atoms with E-state index in [4.69, 9.17) is 0 Å². The molecule has 0 amide bonds. The Morgan fingerprint density at radius 1 is 1.56 bits per heavy atom. The van der Waals surface area contributed by atoms with E-state index in [-0.39, 0.29) is 5.69 Å². The molecule has 0 fully saturated rings. The summed E-state index contributed by atoms with van der Waals surface area (Å²) in [6, 6.07) is 1.94. The maximum Gasteiger partial charge on any atom is 0.343 e. The molecule has 0 aliphatic rings. The molecular weight excluding hydrogens is 292 g/mol. The van der Waals surface area contributed by atoms with Crippen LogP contribution in [0.15, 0.2) is 31.7 Å². The van der Waals surface area contributed by atoms with E-state index in [1.807, 2.05) is 13.0 Å². The summed E-state index contributed by atoms with van der Waals surface area (Å²) in [5, 5.41) is 7.69. The van der Waals surface area contributed by atoms with E-state index in [1.165, 1.54) is 16.3 Å². The summed E-state index contributed by atoms with van der Waals surface area (Å²) in [6.45, 7) is 1.99. The molecule has 0 aliphatic heterocycles. The van der Waals surface area contributed by atoms with Crippen LogP contribution in [0.3, 0.4) is 0 Å². The molecule has 2 aromatic rings. The molecule has 2 heterocycles. The van der Waals surface area contributed by atoms with Gasteiger partial charge in [-0.2, -0.15) is 0 Å². The molecule has 2 aromatic heterocycles. The van der Waals surface area contributed by atoms with Gasteiger partial charge in [-0.1, -0.05) is 0 Å². The van der Waals surface area contributed by atoms with Gasteiger partial charge in [0.2, 0.25) is 0 Å². The lowest BCUT2D eigenvalue weighted by Gasteiger charge is -2.01. The summed E-state index contributed by atoms with van der Waals surface area (Å²) >= 11 is 4.73. The summed E-state index contributed by atoms with van der Waals surface area (Å²) in [4.78, 5) is 15.4. The van der Waals surface area contributed by atoms with E-state index in [2.05, 4.69) is 31.1 Å². The lowest BCUT2D eigenvalue weighted by atomic mass is 10.3. The summed E-state index contributed by atoms with van der Waals surface area (Å²) in [7, 11) is 1.67. The normalized spacial score (nSPS) is 10.7. The second-order valence-electron chi connectivity index (χ2n) is 3.24. The maximum absolute atomic E-state index is 11.2. The number of aromatic amines is 1. The van der Waals surface area contributed by atoms with Crippen LogP contribution in [0.25, 0.3) is 0 Å². The number of aryl methyl sites for hydroxylation is 1. The third-order valence-corrected chi connectivity index (χ3v) is 3.87. The van der Waals surface area contributed by atoms with Crippen LogP contribution < -0.4 is 5.69 Å². The largest absolute Gasteiger partial charge is 0.343 e. The predicted molar refractivity (Wildman–Crippen MR) is 64.6 cm³/mol. The minimum Gasteiger partial charge on any atom is -0.273 e. The second kappa shape index (κ2) is 4.42. The average molecular weight is 301 g/mol. The summed E-state index contributed by atoms with van der Waals surface area (Å²) in [5.74, 6) is 0. The highest BCUT2D eigenvalue weighted by Crippen LogP contribution is 2.25. The molecule has 5 nitrogen and oxygen atoms in total. The molecule has 0 spiro atoms. The van der Waals surface area contributed by atoms with Crippen LogP contribution in [-0.2, 0) is 7.05 Å². The van der Waals surface area contributed by atoms with Gasteiger partial charge < -0.3 is 0 Å². The minimum atomic E-state index is -0.226. The molecule has 7 heteroatoms. The van der Waals surface area contributed by atoms with E-state index < -0.39 is 0 Å². The molecule has 84 valence electrons. The Hall–Kier alpha value is -1.08. The molecular formula is C9H9BrN4OS. The molecule has 0 bridgehead atoms. The van der Waals surface area contributed by atoms with Crippen molar-refractivity contribution in [1.29, 1.82) is 0 Å². The van der Waals surface area contributed by atoms with Crippen LogP contribution in [0.1, 0.15) is 5.56 Å². The maximum atomic E-state index is 11.2. The number of aromatic nitrogens is 4. The molecule has 2 rings (SSSR count). The highest BCUT2D eigenvalue weighted by atomic mass is 79.9. The van der Waals surface area contributed by atoms with E-state index in [9.17, 15) is 4.79 Å². The second-order valence-corrected chi connectivity index (χ2v) is 5.09. The van der Waals surface area contributed by atoms with Crippen molar-refractivity contribution >= 4 is 27.7 Å². The quantitative estimate of drug-likeness (QED) is 0.917. The van der Waals surface area contributed by atoms with Crippen molar-refractivity contribution in [2.45, 2.75) is 17.1 Å². The van der Waals surface area contributed by atoms with Crippen molar-refractivity contribution in [2.75, 3.05) is 0 Å². The topological polar surface area (TPSA) is 63.6 Å². The first kappa shape index (κ1) is 11.4. The first-order valence-corrected chi connectivity index (χ1v) is 6.10. The zero-order valence-electron chi connectivity index (χ0n) is 8.69. The molecule has 1 N–H and O–H groups in total. The van der Waals surface area contributed by atoms with Crippen LogP contribution in [0.5, 0.6) is 0 Å². The van der Waals surface area contributed by atoms with Gasteiger partial charge in [-0.05, 0) is 46.2 Å². The number of nitrogens with one attached hydrogen (secondary N) is 1. The number of nitrogens with zero attached hydrogens (tertiary/aromatic N) is 3. The Morgan fingerprint density at radius 3 is 2.88 bits per heavy atom. The molecule has 0 saturated heterocycles. The summed E-state index contributed by atoms with van der Waals surface area (Å²) < 4.78 is 2.41. The van der Waals surface area contributed by atoms with Gasteiger partial charge in [0.15, 0.2) is 5.16 Å². The molecule has 0 aliphatic carbocycles. The van der Waals surface area contributed by atoms with E-state index >= 15 is 0 Å². The number of hydrogen-bond acceptors (Lipinski definition) is 4. The number of H-pyrrole nitrogens is 1. The number of pyridine rings is 1. The fourth-order valence-electron chi connectivity index (χ4n) is 1.09. The molecule has 16 heavy (non-hydrogen) atoms. The highest BCUT2D eigenvalue weighted by molar-refractivity contribution is 9.10. The molecule has 0 saturated carbocycles. The van der Waals surface area contributed by atoms with Crippen LogP contribution in [0.4, 0.5) is 0 Å². The van der Waals surface area contributed by atoms with Gasteiger partial charge in [-0.15, -0.1) is 5.10 Å². The number of halogens is 1. The Labute approximate surface area is 104 Å². The Morgan fingerprint density at radius 2 is 2.31 bits per heavy atom. The van der Waals surface area contributed by atoms with Crippen LogP contribution in [-0.4, -0.2) is 19.7 Å². The average Bonchev–Trinajstić information content (AvgIpc) is 2.55. The SMILES string of the molecule is Cc1cc(Sc2n[nH]c(=O)n2C)ncc1Br. The predicted octanol–water partition coefficient (Wildman–Crippen LogP) is 1.73. The zero-order valence-corrected chi connectivity index (χ0v) is 11.1. The zero-order chi connectivity index (χ0) is 11.7. The van der Waals surface area contributed by atoms with Gasteiger partial charge in [-0.3, -0.25) is 4.57 Å². The molecule has 0 radical (unpaired) electrons. The standard InChI is InChI=1S/C9H9BrN4OS/c1-5-3-7(11-4-6(5)10)16-9-13-12-8(15)14(9)2/h3-4H,1-2H3,(H,12,15). The lowest BCUT2D eigenvalue weighted by Crippen LogP contribution is -2.12. The molecule has 0 aromatic carbocycles. The van der Waals surface area contributed by atoms with E-state index in [0.29, 0.717) is 5.16 Å². The smallest absolute Gasteiger partial charge is 0.273 e. The first-order valence-electron chi connectivity index (χ1n) is 4.49. The Kier molecular flexibility index (Phi) is 3.15. The monoisotopic (exact) mass is 300 g/mol. The number of hydrogen-bond donors (Lipinski definition) is 1. The van der Waals surface area contributed by atoms with Crippen molar-refractivity contribution in [2.24, 2.45) is 7.05 Å². The van der Waals surface area contributed by atoms with E-state index in [0.717, 1.165) is 15.1 Å². The Bertz CT molecular complexity index is 577. The van der Waals surface area contributed by atoms with Crippen LogP contribution in [0.2, 0.25) is 0 Å². The van der Waals surface area contributed by atoms with Crippen LogP contribution >= 0.6 is 27.7 Å². The van der Waals surface area contributed by atoms with E-state index in [1.54, 1.807) is 13.2 Å². The first-order chi connectivity index (χ1) is 7.58. The summed E-state index contributed by atoms with van der Waals surface area (Å²) in [5.41, 5.74) is 0.870. The molecule has 0 atom stereocenters. The summed E-state index contributed by atoms with van der Waals surface area (Å²) in [6.07, 6.45) is 1.74. The van der Waals surface area contributed by atoms with Crippen molar-refractivity contribution in [3.05, 3.63) is 32.8 Å². The van der Waals surface area contributed by atoms with Gasteiger partial charge >= 0.3 is 5.69 Å². The van der Waals surface area contributed by atoms with Gasteiger partial charge in [0, 0.05) is 17.7 Å². The fourth-order valence-corrected chi connectivity index (χ4v) is 2.14. The fraction of sp³-hybridized carbons (Fsp3) is 0.222. The van der Waals surface area contributed by atoms with Gasteiger partial charge in [-0.25, -0.2) is 14.9 Å². The van der Waals surface area contributed by atoms with Crippen molar-refractivity contribution in [3.8, 4) is 0 Å². The van der Waals surface area contributed by atoms with Crippen molar-refractivity contribution in [1.82, 2.24) is 19.7 Å². The van der Waals surface area contributed by atoms with Crippen LogP contribution in [0, 0.1) is 6.92 Å². The van der Waals surface area contributed by atoms with Crippen molar-refractivity contribution < 1.29 is 0 Å². The van der Waals surface area contributed by atoms with Crippen molar-refractivity contribution in [3.63, 3.8) is 0 Å². The lowest BCUT2D eigenvalue weighted by molar-refractivity contribution is 0.764. The van der Waals surface area contributed by atoms with Gasteiger partial charge in [0.05, 0.1) is 0 Å². The molecule has 0 unspecified atom stereocenters. The van der Waals surface area contributed by atoms with Gasteiger partial charge in [0.25, 0.3) is 0 Å². The minimum absolute atomic E-state index is 0.226. The Balaban J connectivity index is 2.31.